The molecule has 0 spiro atoms. The van der Waals surface area contributed by atoms with Gasteiger partial charge in [0.25, 0.3) is 0 Å². The van der Waals surface area contributed by atoms with Crippen LogP contribution in [0.2, 0.25) is 0 Å². The first-order valence-corrected chi connectivity index (χ1v) is 9.93. The van der Waals surface area contributed by atoms with Crippen molar-refractivity contribution in [2.24, 2.45) is 0 Å². The molecule has 0 aliphatic carbocycles. The number of ether oxygens (including phenoxy) is 3. The Balaban J connectivity index is 1.40. The molecule has 3 aromatic rings. The lowest BCUT2D eigenvalue weighted by atomic mass is 10.1. The van der Waals surface area contributed by atoms with Gasteiger partial charge in [0.05, 0.1) is 6.61 Å². The van der Waals surface area contributed by atoms with Gasteiger partial charge in [-0.3, -0.25) is 0 Å². The molecular formula is C26H24O5. The van der Waals surface area contributed by atoms with Crippen LogP contribution < -0.4 is 9.47 Å². The third-order valence-corrected chi connectivity index (χ3v) is 4.60. The molecule has 3 rings (SSSR count). The van der Waals surface area contributed by atoms with E-state index in [1.165, 1.54) is 12.7 Å². The molecule has 0 amide bonds. The monoisotopic (exact) mass is 416 g/mol. The van der Waals surface area contributed by atoms with Crippen LogP contribution in [0.1, 0.15) is 12.0 Å². The molecule has 0 saturated heterocycles. The summed E-state index contributed by atoms with van der Waals surface area (Å²) in [6.45, 7) is 0.466. The normalized spacial score (nSPS) is 11.1. The Kier molecular flexibility index (Phi) is 8.10. The van der Waals surface area contributed by atoms with Crippen LogP contribution >= 0.6 is 0 Å². The van der Waals surface area contributed by atoms with Crippen molar-refractivity contribution in [3.63, 3.8) is 0 Å². The largest absolute Gasteiger partial charge is 0.493 e. The first kappa shape index (κ1) is 21.9. The van der Waals surface area contributed by atoms with Gasteiger partial charge < -0.3 is 19.3 Å². The predicted molar refractivity (Wildman–Crippen MR) is 119 cm³/mol. The number of benzene rings is 3. The van der Waals surface area contributed by atoms with Crippen LogP contribution in [0.25, 0.3) is 11.1 Å². The molecule has 3 aromatic carbocycles. The second-order valence-electron chi connectivity index (χ2n) is 6.78. The topological polar surface area (TPSA) is 65.0 Å². The summed E-state index contributed by atoms with van der Waals surface area (Å²) >= 11 is 0. The summed E-state index contributed by atoms with van der Waals surface area (Å²) < 4.78 is 16.0. The van der Waals surface area contributed by atoms with E-state index < -0.39 is 12.1 Å². The quantitative estimate of drug-likeness (QED) is 0.401. The minimum atomic E-state index is -0.983. The Bertz CT molecular complexity index is 1020. The fourth-order valence-corrected chi connectivity index (χ4v) is 2.92. The van der Waals surface area contributed by atoms with Gasteiger partial charge in [-0.05, 0) is 41.0 Å². The van der Waals surface area contributed by atoms with Gasteiger partial charge in [0.15, 0.2) is 6.10 Å². The van der Waals surface area contributed by atoms with E-state index >= 15 is 0 Å². The van der Waals surface area contributed by atoms with Crippen LogP contribution in [0.4, 0.5) is 0 Å². The van der Waals surface area contributed by atoms with Crippen LogP contribution in [-0.4, -0.2) is 30.9 Å². The maximum Gasteiger partial charge on any atom is 0.333 e. The van der Waals surface area contributed by atoms with Crippen molar-refractivity contribution in [3.05, 3.63) is 84.4 Å². The van der Waals surface area contributed by atoms with Gasteiger partial charge in [-0.1, -0.05) is 60.5 Å². The molecule has 0 aliphatic heterocycles. The first-order valence-electron chi connectivity index (χ1n) is 9.93. The molecule has 0 radical (unpaired) electrons. The van der Waals surface area contributed by atoms with Crippen LogP contribution in [0.5, 0.6) is 11.5 Å². The van der Waals surface area contributed by atoms with Crippen LogP contribution in [-0.2, 0) is 16.0 Å². The summed E-state index contributed by atoms with van der Waals surface area (Å²) in [5.74, 6) is 3.33. The lowest BCUT2D eigenvalue weighted by Gasteiger charge is -2.10. The summed E-state index contributed by atoms with van der Waals surface area (Å²) in [5.41, 5.74) is 3.17. The van der Waals surface area contributed by atoms with Crippen molar-refractivity contribution >= 4 is 5.97 Å². The van der Waals surface area contributed by atoms with E-state index in [4.69, 9.17) is 19.3 Å². The van der Waals surface area contributed by atoms with E-state index in [1.54, 1.807) is 24.3 Å². The van der Waals surface area contributed by atoms with Gasteiger partial charge >= 0.3 is 5.97 Å². The van der Waals surface area contributed by atoms with Crippen molar-refractivity contribution in [3.8, 4) is 34.7 Å². The first-order chi connectivity index (χ1) is 15.2. The molecule has 158 valence electrons. The van der Waals surface area contributed by atoms with Crippen LogP contribution in [0.15, 0.2) is 78.9 Å². The van der Waals surface area contributed by atoms with E-state index in [9.17, 15) is 4.79 Å². The van der Waals surface area contributed by atoms with Crippen LogP contribution in [0, 0.1) is 12.0 Å². The van der Waals surface area contributed by atoms with Gasteiger partial charge in [0, 0.05) is 20.0 Å². The maximum absolute atomic E-state index is 11.0. The number of methoxy groups -OCH3 is 1. The minimum absolute atomic E-state index is 0.293. The molecule has 0 saturated carbocycles. The zero-order valence-electron chi connectivity index (χ0n) is 17.3. The molecule has 0 unspecified atom stereocenters. The Morgan fingerprint density at radius 1 is 0.903 bits per heavy atom. The molecule has 1 atom stereocenters. The maximum atomic E-state index is 11.0. The lowest BCUT2D eigenvalue weighted by Crippen LogP contribution is -2.24. The molecule has 5 nitrogen and oxygen atoms in total. The average molecular weight is 416 g/mol. The van der Waals surface area contributed by atoms with Gasteiger partial charge in [-0.15, -0.1) is 0 Å². The highest BCUT2D eigenvalue weighted by atomic mass is 16.5. The summed E-state index contributed by atoms with van der Waals surface area (Å²) in [7, 11) is 1.38. The smallest absolute Gasteiger partial charge is 0.333 e. The van der Waals surface area contributed by atoms with Gasteiger partial charge in [0.2, 0.25) is 0 Å². The zero-order chi connectivity index (χ0) is 21.9. The van der Waals surface area contributed by atoms with E-state index in [1.807, 2.05) is 42.5 Å². The summed E-state index contributed by atoms with van der Waals surface area (Å²) in [6, 6.07) is 25.3. The van der Waals surface area contributed by atoms with Gasteiger partial charge in [0.1, 0.15) is 17.6 Å². The molecule has 0 fully saturated rings. The SMILES string of the molecule is CO[C@@H](Cc1ccc(OC#CCCOc2ccc(-c3ccccc3)cc2)cc1)C(=O)O. The summed E-state index contributed by atoms with van der Waals surface area (Å²) in [5, 5.41) is 9.03. The molecule has 0 aliphatic rings. The molecule has 1 N–H and O–H groups in total. The second-order valence-corrected chi connectivity index (χ2v) is 6.78. The van der Waals surface area contributed by atoms with E-state index in [-0.39, 0.29) is 0 Å². The number of hydrogen-bond acceptors (Lipinski definition) is 4. The zero-order valence-corrected chi connectivity index (χ0v) is 17.3. The van der Waals surface area contributed by atoms with Crippen molar-refractivity contribution in [2.45, 2.75) is 18.9 Å². The van der Waals surface area contributed by atoms with E-state index in [2.05, 4.69) is 24.2 Å². The molecule has 0 bridgehead atoms. The highest BCUT2D eigenvalue weighted by molar-refractivity contribution is 5.72. The molecule has 5 heteroatoms. The predicted octanol–water partition coefficient (Wildman–Crippen LogP) is 4.80. The van der Waals surface area contributed by atoms with Crippen molar-refractivity contribution in [2.75, 3.05) is 13.7 Å². The van der Waals surface area contributed by atoms with Gasteiger partial charge in [-0.25, -0.2) is 4.79 Å². The lowest BCUT2D eigenvalue weighted by molar-refractivity contribution is -0.148. The third-order valence-electron chi connectivity index (χ3n) is 4.60. The Hall–Kier alpha value is -3.75. The van der Waals surface area contributed by atoms with E-state index in [0.717, 1.165) is 16.9 Å². The fourth-order valence-electron chi connectivity index (χ4n) is 2.92. The van der Waals surface area contributed by atoms with Crippen molar-refractivity contribution in [1.82, 2.24) is 0 Å². The highest BCUT2D eigenvalue weighted by Gasteiger charge is 2.16. The minimum Gasteiger partial charge on any atom is -0.493 e. The Labute approximate surface area is 182 Å². The number of carbonyl (C=O) groups is 1. The molecular weight excluding hydrogens is 392 g/mol. The van der Waals surface area contributed by atoms with Crippen molar-refractivity contribution in [1.29, 1.82) is 0 Å². The highest BCUT2D eigenvalue weighted by Crippen LogP contribution is 2.22. The molecule has 31 heavy (non-hydrogen) atoms. The van der Waals surface area contributed by atoms with Gasteiger partial charge in [-0.2, -0.15) is 0 Å². The fraction of sp³-hybridized carbons (Fsp3) is 0.192. The molecule has 0 aromatic heterocycles. The third kappa shape index (κ3) is 6.91. The standard InChI is InChI=1S/C26H24O5/c1-29-25(26(27)28)19-20-9-13-23(14-10-20)30-17-5-6-18-31-24-15-11-22(12-16-24)21-7-3-2-4-8-21/h2-4,7-16,25H,6,18-19H2,1H3,(H,27,28)/t25-/m0/s1. The van der Waals surface area contributed by atoms with Crippen LogP contribution in [0.3, 0.4) is 0 Å². The number of aliphatic carboxylic acids is 1. The summed E-state index contributed by atoms with van der Waals surface area (Å²) in [6.07, 6.45) is 2.63. The number of carboxylic acid groups (broad SMARTS) is 1. The summed E-state index contributed by atoms with van der Waals surface area (Å²) in [4.78, 5) is 11.0. The molecule has 0 heterocycles. The Morgan fingerprint density at radius 3 is 2.19 bits per heavy atom. The van der Waals surface area contributed by atoms with Crippen molar-refractivity contribution < 1.29 is 24.1 Å². The number of rotatable bonds is 9. The van der Waals surface area contributed by atoms with E-state index in [0.29, 0.717) is 25.2 Å². The number of hydrogen-bond donors (Lipinski definition) is 1. The second kappa shape index (κ2) is 11.4. The Morgan fingerprint density at radius 2 is 1.55 bits per heavy atom. The number of carboxylic acids is 1. The average Bonchev–Trinajstić information content (AvgIpc) is 2.81.